The van der Waals surface area contributed by atoms with Gasteiger partial charge in [0, 0.05) is 7.05 Å². The minimum absolute atomic E-state index is 0.219. The van der Waals surface area contributed by atoms with Crippen LogP contribution in [-0.4, -0.2) is 32.2 Å². The minimum Gasteiger partial charge on any atom is -0.391 e. The molecule has 1 aliphatic carbocycles. The van der Waals surface area contributed by atoms with Crippen LogP contribution in [0.4, 0.5) is 5.82 Å². The molecule has 142 valence electrons. The molecular weight excluding hydrogens is 366 g/mol. The van der Waals surface area contributed by atoms with Crippen LogP contribution in [0.2, 0.25) is 0 Å². The first-order valence-electron chi connectivity index (χ1n) is 8.72. The van der Waals surface area contributed by atoms with Crippen LogP contribution < -0.4 is 5.32 Å². The van der Waals surface area contributed by atoms with E-state index in [1.807, 2.05) is 30.3 Å². The number of likely N-dealkylation sites (N-methyl/N-ethyl adjacent to an activating group) is 1. The number of oxime groups is 1. The number of nitrogens with one attached hydrogen (secondary N) is 1. The number of thiocarbonyl (C=S) groups is 1. The van der Waals surface area contributed by atoms with Crippen molar-refractivity contribution in [3.63, 3.8) is 0 Å². The highest BCUT2D eigenvalue weighted by Crippen LogP contribution is 2.35. The summed E-state index contributed by atoms with van der Waals surface area (Å²) in [5.74, 6) is -0.219. The van der Waals surface area contributed by atoms with Gasteiger partial charge in [-0.05, 0) is 41.2 Å². The lowest BCUT2D eigenvalue weighted by Gasteiger charge is -2.38. The van der Waals surface area contributed by atoms with Crippen molar-refractivity contribution in [1.29, 1.82) is 0 Å². The average Bonchev–Trinajstić information content (AvgIpc) is 3.19. The van der Waals surface area contributed by atoms with Gasteiger partial charge in [-0.3, -0.25) is 4.57 Å². The van der Waals surface area contributed by atoms with E-state index in [0.717, 1.165) is 24.1 Å². The maximum absolute atomic E-state index is 11.1. The van der Waals surface area contributed by atoms with Gasteiger partial charge >= 0.3 is 5.82 Å². The number of aromatic nitrogens is 2. The normalized spacial score (nSPS) is 21.0. The number of hydrogen-bond donors (Lipinski definition) is 1. The van der Waals surface area contributed by atoms with Gasteiger partial charge in [0.1, 0.15) is 23.3 Å². The highest BCUT2D eigenvalue weighted by molar-refractivity contribution is 7.80. The van der Waals surface area contributed by atoms with Crippen LogP contribution in [0.5, 0.6) is 0 Å². The number of rotatable bonds is 6. The van der Waals surface area contributed by atoms with Gasteiger partial charge in [-0.25, -0.2) is 0 Å². The van der Waals surface area contributed by atoms with Crippen molar-refractivity contribution in [3.05, 3.63) is 58.5 Å². The fourth-order valence-electron chi connectivity index (χ4n) is 3.37. The van der Waals surface area contributed by atoms with Crippen molar-refractivity contribution < 1.29 is 9.76 Å². The number of hydrogen-bond acceptors (Lipinski definition) is 6. The molecule has 0 aliphatic heterocycles. The third-order valence-electron chi connectivity index (χ3n) is 4.73. The van der Waals surface area contributed by atoms with Crippen LogP contribution in [0.1, 0.15) is 31.2 Å². The molecule has 1 N–H and O–H groups in total. The average molecular weight is 387 g/mol. The van der Waals surface area contributed by atoms with Gasteiger partial charge in [0.05, 0.1) is 5.71 Å². The standard InChI is InChI=1S/C18H21N5O3S/c1-19-17(27)18(22-11-16(20-13-22)23(24)25)10-6-5-9-15(18)21-26-12-14-7-3-2-4-8-14/h2-4,7-8,11,13H,5-6,9-10,12H2,1H3,(H,19,27)/b21-15-. The van der Waals surface area contributed by atoms with E-state index in [9.17, 15) is 10.1 Å². The number of nitrogens with zero attached hydrogens (tertiary/aromatic N) is 4. The Morgan fingerprint density at radius 1 is 1.44 bits per heavy atom. The van der Waals surface area contributed by atoms with E-state index in [0.29, 0.717) is 24.4 Å². The summed E-state index contributed by atoms with van der Waals surface area (Å²) < 4.78 is 1.69. The Hall–Kier alpha value is -2.81. The van der Waals surface area contributed by atoms with Gasteiger partial charge in [0.15, 0.2) is 0 Å². The molecule has 1 unspecified atom stereocenters. The summed E-state index contributed by atoms with van der Waals surface area (Å²) in [5, 5.41) is 18.5. The Balaban J connectivity index is 1.94. The predicted octanol–water partition coefficient (Wildman–Crippen LogP) is 3.18. The fourth-order valence-corrected chi connectivity index (χ4v) is 3.69. The topological polar surface area (TPSA) is 94.6 Å². The van der Waals surface area contributed by atoms with Crippen molar-refractivity contribution >= 4 is 28.7 Å². The molecule has 27 heavy (non-hydrogen) atoms. The zero-order valence-corrected chi connectivity index (χ0v) is 15.8. The lowest BCUT2D eigenvalue weighted by atomic mass is 9.79. The third-order valence-corrected chi connectivity index (χ3v) is 5.27. The van der Waals surface area contributed by atoms with E-state index in [4.69, 9.17) is 17.1 Å². The zero-order chi connectivity index (χ0) is 19.3. The van der Waals surface area contributed by atoms with E-state index in [1.54, 1.807) is 11.6 Å². The Morgan fingerprint density at radius 2 is 2.22 bits per heavy atom. The number of imidazole rings is 1. The Bertz CT molecular complexity index is 852. The third kappa shape index (κ3) is 3.82. The molecule has 1 saturated carbocycles. The summed E-state index contributed by atoms with van der Waals surface area (Å²) in [6.07, 6.45) is 6.10. The monoisotopic (exact) mass is 387 g/mol. The maximum Gasteiger partial charge on any atom is 0.381 e. The number of nitro groups is 1. The molecular formula is C18H21N5O3S. The fraction of sp³-hybridized carbons (Fsp3) is 0.389. The van der Waals surface area contributed by atoms with Crippen molar-refractivity contribution in [1.82, 2.24) is 14.9 Å². The first-order valence-corrected chi connectivity index (χ1v) is 9.13. The minimum atomic E-state index is -0.805. The molecule has 1 atom stereocenters. The lowest BCUT2D eigenvalue weighted by Crippen LogP contribution is -2.53. The second-order valence-electron chi connectivity index (χ2n) is 6.34. The number of benzene rings is 1. The van der Waals surface area contributed by atoms with Crippen LogP contribution in [-0.2, 0) is 17.0 Å². The van der Waals surface area contributed by atoms with E-state index in [-0.39, 0.29) is 5.82 Å². The largest absolute Gasteiger partial charge is 0.391 e. The molecule has 0 amide bonds. The molecule has 3 rings (SSSR count). The Labute approximate surface area is 162 Å². The molecule has 0 radical (unpaired) electrons. The zero-order valence-electron chi connectivity index (χ0n) is 15.0. The highest BCUT2D eigenvalue weighted by Gasteiger charge is 2.45. The summed E-state index contributed by atoms with van der Waals surface area (Å²) in [5.41, 5.74) is 0.953. The summed E-state index contributed by atoms with van der Waals surface area (Å²) in [6, 6.07) is 9.76. The van der Waals surface area contributed by atoms with Gasteiger partial charge in [-0.15, -0.1) is 0 Å². The van der Waals surface area contributed by atoms with Crippen LogP contribution >= 0.6 is 12.2 Å². The quantitative estimate of drug-likeness (QED) is 0.465. The molecule has 1 aromatic heterocycles. The SMILES string of the molecule is CNC(=S)C1(n2cnc([N+](=O)[O-])c2)CCCC/C1=N/OCc1ccccc1. The molecule has 2 aromatic rings. The van der Waals surface area contributed by atoms with Crippen LogP contribution in [0.15, 0.2) is 48.0 Å². The molecule has 9 heteroatoms. The molecule has 0 bridgehead atoms. The van der Waals surface area contributed by atoms with Crippen molar-refractivity contribution in [2.24, 2.45) is 5.16 Å². The molecule has 8 nitrogen and oxygen atoms in total. The van der Waals surface area contributed by atoms with Gasteiger partial charge in [-0.1, -0.05) is 47.7 Å². The second-order valence-corrected chi connectivity index (χ2v) is 6.75. The maximum atomic E-state index is 11.1. The molecule has 1 heterocycles. The van der Waals surface area contributed by atoms with Gasteiger partial charge < -0.3 is 20.3 Å². The molecule has 0 spiro atoms. The highest BCUT2D eigenvalue weighted by atomic mass is 32.1. The van der Waals surface area contributed by atoms with Crippen molar-refractivity contribution in [3.8, 4) is 0 Å². The van der Waals surface area contributed by atoms with E-state index >= 15 is 0 Å². The van der Waals surface area contributed by atoms with Crippen LogP contribution in [0.3, 0.4) is 0 Å². The van der Waals surface area contributed by atoms with Crippen molar-refractivity contribution in [2.45, 2.75) is 37.8 Å². The predicted molar refractivity (Wildman–Crippen MR) is 106 cm³/mol. The van der Waals surface area contributed by atoms with Gasteiger partial charge in [0.2, 0.25) is 6.33 Å². The summed E-state index contributed by atoms with van der Waals surface area (Å²) in [6.45, 7) is 0.344. The summed E-state index contributed by atoms with van der Waals surface area (Å²) >= 11 is 5.60. The lowest BCUT2D eigenvalue weighted by molar-refractivity contribution is -0.389. The molecule has 1 aromatic carbocycles. The Morgan fingerprint density at radius 3 is 2.89 bits per heavy atom. The second kappa shape index (κ2) is 8.26. The van der Waals surface area contributed by atoms with Crippen molar-refractivity contribution in [2.75, 3.05) is 7.05 Å². The van der Waals surface area contributed by atoms with Gasteiger partial charge in [0.25, 0.3) is 0 Å². The van der Waals surface area contributed by atoms with Crippen LogP contribution in [0.25, 0.3) is 0 Å². The summed E-state index contributed by atoms with van der Waals surface area (Å²) in [7, 11) is 1.74. The first-order chi connectivity index (χ1) is 13.1. The molecule has 1 aliphatic rings. The molecule has 1 fully saturated rings. The van der Waals surface area contributed by atoms with Gasteiger partial charge in [-0.2, -0.15) is 0 Å². The van der Waals surface area contributed by atoms with Crippen LogP contribution in [0, 0.1) is 10.1 Å². The summed E-state index contributed by atoms with van der Waals surface area (Å²) in [4.78, 5) is 20.6. The Kier molecular flexibility index (Phi) is 5.80. The first kappa shape index (κ1) is 19.0. The smallest absolute Gasteiger partial charge is 0.381 e. The van der Waals surface area contributed by atoms with E-state index < -0.39 is 10.5 Å². The van der Waals surface area contributed by atoms with E-state index in [1.165, 1.54) is 12.5 Å². The molecule has 0 saturated heterocycles. The van der Waals surface area contributed by atoms with E-state index in [2.05, 4.69) is 15.5 Å².